The monoisotopic (exact) mass is 153 g/mol. The Balaban J connectivity index is 1.92. The van der Waals surface area contributed by atoms with Crippen LogP contribution in [0.1, 0.15) is 32.6 Å². The predicted octanol–water partition coefficient (Wildman–Crippen LogP) is 2.03. The van der Waals surface area contributed by atoms with Gasteiger partial charge in [-0.25, -0.2) is 0 Å². The maximum Gasteiger partial charge on any atom is -0.00173 e. The summed E-state index contributed by atoms with van der Waals surface area (Å²) in [7, 11) is 0. The van der Waals surface area contributed by atoms with Gasteiger partial charge in [0.2, 0.25) is 0 Å². The van der Waals surface area contributed by atoms with Crippen LogP contribution in [0, 0.1) is 17.8 Å². The van der Waals surface area contributed by atoms with Gasteiger partial charge in [-0.05, 0) is 43.7 Å². The Bertz CT molecular complexity index is 127. The third-order valence-corrected chi connectivity index (χ3v) is 3.63. The highest BCUT2D eigenvalue weighted by Crippen LogP contribution is 2.38. The molecule has 1 aliphatic heterocycles. The maximum absolute atomic E-state index is 3.47. The smallest absolute Gasteiger partial charge is 0.00173 e. The molecule has 3 unspecified atom stereocenters. The average Bonchev–Trinajstić information content (AvgIpc) is 2.55. The molecular weight excluding hydrogens is 134 g/mol. The highest BCUT2D eigenvalue weighted by molar-refractivity contribution is 4.84. The minimum Gasteiger partial charge on any atom is -0.316 e. The van der Waals surface area contributed by atoms with Crippen LogP contribution in [-0.2, 0) is 0 Å². The van der Waals surface area contributed by atoms with Gasteiger partial charge in [0.1, 0.15) is 0 Å². The predicted molar refractivity (Wildman–Crippen MR) is 47.5 cm³/mol. The Kier molecular flexibility index (Phi) is 2.17. The Morgan fingerprint density at radius 2 is 2.09 bits per heavy atom. The molecule has 2 aliphatic rings. The molecular formula is C10H19N. The van der Waals surface area contributed by atoms with Gasteiger partial charge < -0.3 is 5.32 Å². The largest absolute Gasteiger partial charge is 0.316 e. The molecule has 2 fully saturated rings. The van der Waals surface area contributed by atoms with E-state index in [-0.39, 0.29) is 0 Å². The third kappa shape index (κ3) is 1.44. The number of hydrogen-bond acceptors (Lipinski definition) is 1. The molecule has 0 bridgehead atoms. The number of rotatable bonds is 1. The molecule has 1 saturated carbocycles. The summed E-state index contributed by atoms with van der Waals surface area (Å²) in [6, 6.07) is 0. The van der Waals surface area contributed by atoms with E-state index >= 15 is 0 Å². The normalized spacial score (nSPS) is 45.0. The Morgan fingerprint density at radius 3 is 2.64 bits per heavy atom. The van der Waals surface area contributed by atoms with E-state index in [2.05, 4.69) is 12.2 Å². The lowest BCUT2D eigenvalue weighted by Gasteiger charge is -2.21. The lowest BCUT2D eigenvalue weighted by Crippen LogP contribution is -2.19. The van der Waals surface area contributed by atoms with E-state index in [1.807, 2.05) is 0 Å². The molecule has 0 aromatic rings. The van der Waals surface area contributed by atoms with Crippen molar-refractivity contribution < 1.29 is 0 Å². The van der Waals surface area contributed by atoms with Crippen LogP contribution < -0.4 is 5.32 Å². The van der Waals surface area contributed by atoms with Crippen molar-refractivity contribution in [2.45, 2.75) is 32.6 Å². The molecule has 0 aromatic carbocycles. The highest BCUT2D eigenvalue weighted by atomic mass is 14.9. The zero-order chi connectivity index (χ0) is 7.68. The molecule has 64 valence electrons. The summed E-state index contributed by atoms with van der Waals surface area (Å²) in [5.41, 5.74) is 0. The van der Waals surface area contributed by atoms with Gasteiger partial charge in [-0.15, -0.1) is 0 Å². The summed E-state index contributed by atoms with van der Waals surface area (Å²) in [4.78, 5) is 0. The molecule has 2 rings (SSSR count). The second kappa shape index (κ2) is 3.14. The topological polar surface area (TPSA) is 12.0 Å². The standard InChI is InChI=1S/C10H19N/c1-8-3-2-4-10(8)9-5-6-11-7-9/h8-11H,2-7H2,1H3. The van der Waals surface area contributed by atoms with E-state index in [1.165, 1.54) is 38.8 Å². The van der Waals surface area contributed by atoms with Gasteiger partial charge in [0.05, 0.1) is 0 Å². The van der Waals surface area contributed by atoms with Gasteiger partial charge in [0, 0.05) is 0 Å². The van der Waals surface area contributed by atoms with Crippen LogP contribution in [0.15, 0.2) is 0 Å². The zero-order valence-corrected chi connectivity index (χ0v) is 7.47. The second-order valence-corrected chi connectivity index (χ2v) is 4.32. The first kappa shape index (κ1) is 7.60. The quantitative estimate of drug-likeness (QED) is 0.608. The summed E-state index contributed by atoms with van der Waals surface area (Å²) in [5.74, 6) is 3.09. The first-order valence-corrected chi connectivity index (χ1v) is 5.08. The van der Waals surface area contributed by atoms with Gasteiger partial charge >= 0.3 is 0 Å². The highest BCUT2D eigenvalue weighted by Gasteiger charge is 2.31. The molecule has 3 atom stereocenters. The average molecular weight is 153 g/mol. The van der Waals surface area contributed by atoms with Crippen molar-refractivity contribution in [2.24, 2.45) is 17.8 Å². The number of nitrogens with one attached hydrogen (secondary N) is 1. The van der Waals surface area contributed by atoms with Crippen molar-refractivity contribution in [3.05, 3.63) is 0 Å². The van der Waals surface area contributed by atoms with Crippen molar-refractivity contribution in [1.29, 1.82) is 0 Å². The van der Waals surface area contributed by atoms with E-state index in [9.17, 15) is 0 Å². The Hall–Kier alpha value is -0.0400. The summed E-state index contributed by atoms with van der Waals surface area (Å²) in [6.45, 7) is 5.01. The van der Waals surface area contributed by atoms with Crippen LogP contribution in [0.5, 0.6) is 0 Å². The molecule has 0 amide bonds. The minimum absolute atomic E-state index is 1.01. The van der Waals surface area contributed by atoms with Crippen molar-refractivity contribution in [3.63, 3.8) is 0 Å². The van der Waals surface area contributed by atoms with Crippen molar-refractivity contribution in [2.75, 3.05) is 13.1 Å². The fraction of sp³-hybridized carbons (Fsp3) is 1.00. The lowest BCUT2D eigenvalue weighted by atomic mass is 9.84. The third-order valence-electron chi connectivity index (χ3n) is 3.63. The SMILES string of the molecule is CC1CCCC1C1CCNC1. The van der Waals surface area contributed by atoms with Gasteiger partial charge in [-0.3, -0.25) is 0 Å². The van der Waals surface area contributed by atoms with Gasteiger partial charge in [-0.2, -0.15) is 0 Å². The molecule has 1 aliphatic carbocycles. The second-order valence-electron chi connectivity index (χ2n) is 4.32. The molecule has 1 N–H and O–H groups in total. The Morgan fingerprint density at radius 1 is 1.18 bits per heavy atom. The Labute approximate surface area is 69.6 Å². The van der Waals surface area contributed by atoms with Crippen LogP contribution in [0.2, 0.25) is 0 Å². The van der Waals surface area contributed by atoms with E-state index in [0.29, 0.717) is 0 Å². The minimum atomic E-state index is 1.01. The van der Waals surface area contributed by atoms with Gasteiger partial charge in [-0.1, -0.05) is 19.8 Å². The van der Waals surface area contributed by atoms with E-state index < -0.39 is 0 Å². The van der Waals surface area contributed by atoms with Crippen molar-refractivity contribution in [3.8, 4) is 0 Å². The van der Waals surface area contributed by atoms with E-state index in [0.717, 1.165) is 17.8 Å². The molecule has 0 spiro atoms. The fourth-order valence-electron chi connectivity index (χ4n) is 2.92. The maximum atomic E-state index is 3.47. The summed E-state index contributed by atoms with van der Waals surface area (Å²) >= 11 is 0. The number of hydrogen-bond donors (Lipinski definition) is 1. The summed E-state index contributed by atoms with van der Waals surface area (Å²) in [6.07, 6.45) is 5.92. The van der Waals surface area contributed by atoms with Gasteiger partial charge in [0.25, 0.3) is 0 Å². The van der Waals surface area contributed by atoms with Crippen LogP contribution in [0.25, 0.3) is 0 Å². The zero-order valence-electron chi connectivity index (χ0n) is 7.47. The summed E-state index contributed by atoms with van der Waals surface area (Å²) < 4.78 is 0. The van der Waals surface area contributed by atoms with Crippen LogP contribution >= 0.6 is 0 Å². The van der Waals surface area contributed by atoms with Crippen LogP contribution in [0.3, 0.4) is 0 Å². The van der Waals surface area contributed by atoms with Crippen LogP contribution in [0.4, 0.5) is 0 Å². The molecule has 1 nitrogen and oxygen atoms in total. The van der Waals surface area contributed by atoms with Gasteiger partial charge in [0.15, 0.2) is 0 Å². The fourth-order valence-corrected chi connectivity index (χ4v) is 2.92. The van der Waals surface area contributed by atoms with Crippen LogP contribution in [-0.4, -0.2) is 13.1 Å². The van der Waals surface area contributed by atoms with Crippen molar-refractivity contribution in [1.82, 2.24) is 5.32 Å². The summed E-state index contributed by atoms with van der Waals surface area (Å²) in [5, 5.41) is 3.47. The first-order chi connectivity index (χ1) is 5.38. The molecule has 11 heavy (non-hydrogen) atoms. The molecule has 0 radical (unpaired) electrons. The van der Waals surface area contributed by atoms with Crippen molar-refractivity contribution >= 4 is 0 Å². The van der Waals surface area contributed by atoms with E-state index in [1.54, 1.807) is 0 Å². The first-order valence-electron chi connectivity index (χ1n) is 5.08. The molecule has 0 aromatic heterocycles. The molecule has 1 heteroatoms. The molecule has 1 heterocycles. The molecule has 1 saturated heterocycles. The van der Waals surface area contributed by atoms with E-state index in [4.69, 9.17) is 0 Å². The lowest BCUT2D eigenvalue weighted by molar-refractivity contribution is 0.294.